The van der Waals surface area contributed by atoms with E-state index in [4.69, 9.17) is 4.74 Å². The average molecular weight is 320 g/mol. The van der Waals surface area contributed by atoms with Gasteiger partial charge in [-0.25, -0.2) is 0 Å². The van der Waals surface area contributed by atoms with Crippen molar-refractivity contribution in [3.8, 4) is 0 Å². The number of esters is 1. The molecule has 1 aromatic carbocycles. The van der Waals surface area contributed by atoms with E-state index in [0.717, 1.165) is 29.7 Å². The molecule has 0 aliphatic rings. The molecule has 23 heavy (non-hydrogen) atoms. The minimum absolute atomic E-state index is 0.168. The highest BCUT2D eigenvalue weighted by Crippen LogP contribution is 2.18. The standard InChI is InChI=1S/C17H24N2O4/c1-4-5-9-16(22)23-11-15(21)18-10-14(20)19-17-12(2)7-6-8-13(17)3/h6-8H,4-5,9-11H2,1-3H3,(H,18,21)(H,19,20). The van der Waals surface area contributed by atoms with Gasteiger partial charge in [-0.2, -0.15) is 0 Å². The number of para-hydroxylation sites is 1. The maximum absolute atomic E-state index is 11.9. The Hall–Kier alpha value is -2.37. The van der Waals surface area contributed by atoms with E-state index in [1.165, 1.54) is 0 Å². The van der Waals surface area contributed by atoms with E-state index in [0.29, 0.717) is 6.42 Å². The van der Waals surface area contributed by atoms with E-state index in [1.54, 1.807) is 0 Å². The summed E-state index contributed by atoms with van der Waals surface area (Å²) in [6, 6.07) is 5.71. The Balaban J connectivity index is 2.33. The van der Waals surface area contributed by atoms with E-state index in [2.05, 4.69) is 10.6 Å². The first kappa shape index (κ1) is 18.7. The summed E-state index contributed by atoms with van der Waals surface area (Å²) in [5, 5.41) is 5.19. The Morgan fingerprint density at radius 2 is 1.74 bits per heavy atom. The first-order valence-electron chi connectivity index (χ1n) is 7.72. The molecular formula is C17H24N2O4. The molecule has 2 amide bonds. The van der Waals surface area contributed by atoms with Crippen LogP contribution in [0.4, 0.5) is 5.69 Å². The lowest BCUT2D eigenvalue weighted by molar-refractivity contribution is -0.148. The fourth-order valence-corrected chi connectivity index (χ4v) is 1.96. The van der Waals surface area contributed by atoms with Gasteiger partial charge in [0.2, 0.25) is 5.91 Å². The second kappa shape index (κ2) is 9.61. The number of hydrogen-bond donors (Lipinski definition) is 2. The van der Waals surface area contributed by atoms with Crippen LogP contribution in [0.25, 0.3) is 0 Å². The molecule has 0 unspecified atom stereocenters. The van der Waals surface area contributed by atoms with Gasteiger partial charge in [0.1, 0.15) is 0 Å². The molecule has 0 aliphatic carbocycles. The van der Waals surface area contributed by atoms with Crippen molar-refractivity contribution in [1.29, 1.82) is 0 Å². The van der Waals surface area contributed by atoms with Crippen LogP contribution < -0.4 is 10.6 Å². The van der Waals surface area contributed by atoms with Crippen LogP contribution in [-0.4, -0.2) is 30.9 Å². The summed E-state index contributed by atoms with van der Waals surface area (Å²) in [4.78, 5) is 34.7. The van der Waals surface area contributed by atoms with Crippen molar-refractivity contribution in [2.24, 2.45) is 0 Å². The summed E-state index contributed by atoms with van der Waals surface area (Å²) in [6.45, 7) is 5.24. The molecule has 0 fully saturated rings. The molecular weight excluding hydrogens is 296 g/mol. The fourth-order valence-electron chi connectivity index (χ4n) is 1.96. The van der Waals surface area contributed by atoms with Crippen LogP contribution in [0.3, 0.4) is 0 Å². The van der Waals surface area contributed by atoms with Gasteiger partial charge >= 0.3 is 5.97 Å². The van der Waals surface area contributed by atoms with Crippen LogP contribution in [-0.2, 0) is 19.1 Å². The first-order chi connectivity index (χ1) is 10.9. The molecule has 0 heterocycles. The topological polar surface area (TPSA) is 84.5 Å². The van der Waals surface area contributed by atoms with Crippen molar-refractivity contribution in [2.45, 2.75) is 40.0 Å². The van der Waals surface area contributed by atoms with Gasteiger partial charge in [-0.15, -0.1) is 0 Å². The number of hydrogen-bond acceptors (Lipinski definition) is 4. The summed E-state index contributed by atoms with van der Waals surface area (Å²) in [7, 11) is 0. The van der Waals surface area contributed by atoms with Gasteiger partial charge in [0, 0.05) is 12.1 Å². The van der Waals surface area contributed by atoms with Gasteiger partial charge in [-0.1, -0.05) is 31.5 Å². The normalized spacial score (nSPS) is 10.0. The number of ether oxygens (including phenoxy) is 1. The highest BCUT2D eigenvalue weighted by Gasteiger charge is 2.10. The summed E-state index contributed by atoms with van der Waals surface area (Å²) >= 11 is 0. The molecule has 0 radical (unpaired) electrons. The number of amides is 2. The van der Waals surface area contributed by atoms with Crippen LogP contribution in [0.2, 0.25) is 0 Å². The molecule has 6 heteroatoms. The highest BCUT2D eigenvalue weighted by atomic mass is 16.5. The van der Waals surface area contributed by atoms with Gasteiger partial charge in [0.25, 0.3) is 5.91 Å². The molecule has 1 aromatic rings. The first-order valence-corrected chi connectivity index (χ1v) is 7.72. The summed E-state index contributed by atoms with van der Waals surface area (Å²) < 4.78 is 4.81. The maximum Gasteiger partial charge on any atom is 0.306 e. The van der Waals surface area contributed by atoms with Crippen LogP contribution >= 0.6 is 0 Å². The number of carbonyl (C=O) groups excluding carboxylic acids is 3. The second-order valence-electron chi connectivity index (χ2n) is 5.36. The van der Waals surface area contributed by atoms with Crippen molar-refractivity contribution in [3.05, 3.63) is 29.3 Å². The largest absolute Gasteiger partial charge is 0.456 e. The third-order valence-corrected chi connectivity index (χ3v) is 3.29. The Bertz CT molecular complexity index is 549. The van der Waals surface area contributed by atoms with Gasteiger partial charge in [-0.3, -0.25) is 14.4 Å². The van der Waals surface area contributed by atoms with E-state index >= 15 is 0 Å². The summed E-state index contributed by atoms with van der Waals surface area (Å²) in [6.07, 6.45) is 1.93. The Morgan fingerprint density at radius 3 is 2.35 bits per heavy atom. The molecule has 2 N–H and O–H groups in total. The number of carbonyl (C=O) groups is 3. The molecule has 0 spiro atoms. The van der Waals surface area contributed by atoms with Crippen LogP contribution in [0.1, 0.15) is 37.3 Å². The lowest BCUT2D eigenvalue weighted by Gasteiger charge is -2.12. The molecule has 0 aliphatic heterocycles. The molecule has 0 aromatic heterocycles. The Morgan fingerprint density at radius 1 is 1.09 bits per heavy atom. The summed E-state index contributed by atoms with van der Waals surface area (Å²) in [5.74, 6) is -1.22. The molecule has 1 rings (SSSR count). The van der Waals surface area contributed by atoms with E-state index in [1.807, 2.05) is 39.0 Å². The molecule has 0 bridgehead atoms. The van der Waals surface area contributed by atoms with Crippen molar-refractivity contribution in [2.75, 3.05) is 18.5 Å². The lowest BCUT2D eigenvalue weighted by Crippen LogP contribution is -2.35. The Kier molecular flexibility index (Phi) is 7.80. The van der Waals surface area contributed by atoms with E-state index in [9.17, 15) is 14.4 Å². The van der Waals surface area contributed by atoms with Gasteiger partial charge in [0.05, 0.1) is 6.54 Å². The minimum Gasteiger partial charge on any atom is -0.456 e. The average Bonchev–Trinajstić information content (AvgIpc) is 2.52. The third kappa shape index (κ3) is 6.95. The van der Waals surface area contributed by atoms with Gasteiger partial charge in [0.15, 0.2) is 6.61 Å². The fraction of sp³-hybridized carbons (Fsp3) is 0.471. The van der Waals surface area contributed by atoms with Gasteiger partial charge in [-0.05, 0) is 31.4 Å². The van der Waals surface area contributed by atoms with Crippen LogP contribution in [0.15, 0.2) is 18.2 Å². The number of benzene rings is 1. The number of unbranched alkanes of at least 4 members (excludes halogenated alkanes) is 1. The zero-order valence-corrected chi connectivity index (χ0v) is 13.9. The third-order valence-electron chi connectivity index (χ3n) is 3.29. The maximum atomic E-state index is 11.9. The quantitative estimate of drug-likeness (QED) is 0.718. The van der Waals surface area contributed by atoms with Crippen LogP contribution in [0, 0.1) is 13.8 Å². The molecule has 6 nitrogen and oxygen atoms in total. The van der Waals surface area contributed by atoms with Crippen molar-refractivity contribution in [1.82, 2.24) is 5.32 Å². The minimum atomic E-state index is -0.494. The number of rotatable bonds is 8. The zero-order valence-electron chi connectivity index (χ0n) is 13.9. The second-order valence-corrected chi connectivity index (χ2v) is 5.36. The predicted molar refractivity (Wildman–Crippen MR) is 88.0 cm³/mol. The summed E-state index contributed by atoms with van der Waals surface area (Å²) in [5.41, 5.74) is 2.65. The number of nitrogens with one attached hydrogen (secondary N) is 2. The number of anilines is 1. The van der Waals surface area contributed by atoms with Crippen molar-refractivity contribution in [3.63, 3.8) is 0 Å². The Labute approximate surface area is 136 Å². The van der Waals surface area contributed by atoms with Crippen molar-refractivity contribution >= 4 is 23.5 Å². The van der Waals surface area contributed by atoms with E-state index < -0.39 is 11.9 Å². The zero-order chi connectivity index (χ0) is 17.2. The predicted octanol–water partition coefficient (Wildman–Crippen LogP) is 2.09. The molecule has 0 saturated heterocycles. The number of aryl methyl sites for hydroxylation is 2. The van der Waals surface area contributed by atoms with Gasteiger partial charge < -0.3 is 15.4 Å². The monoisotopic (exact) mass is 320 g/mol. The van der Waals surface area contributed by atoms with Crippen LogP contribution in [0.5, 0.6) is 0 Å². The lowest BCUT2D eigenvalue weighted by atomic mass is 10.1. The molecule has 0 atom stereocenters. The molecule has 126 valence electrons. The van der Waals surface area contributed by atoms with Crippen molar-refractivity contribution < 1.29 is 19.1 Å². The molecule has 0 saturated carbocycles. The smallest absolute Gasteiger partial charge is 0.306 e. The highest BCUT2D eigenvalue weighted by molar-refractivity contribution is 5.96. The SMILES string of the molecule is CCCCC(=O)OCC(=O)NCC(=O)Nc1c(C)cccc1C. The van der Waals surface area contributed by atoms with E-state index in [-0.39, 0.29) is 19.1 Å².